The molecule has 0 aromatic carbocycles. The van der Waals surface area contributed by atoms with Crippen molar-refractivity contribution >= 4 is 39.1 Å². The van der Waals surface area contributed by atoms with Crippen LogP contribution in [-0.4, -0.2) is 47.7 Å². The van der Waals surface area contributed by atoms with Gasteiger partial charge in [0.05, 0.1) is 30.2 Å². The summed E-state index contributed by atoms with van der Waals surface area (Å²) >= 11 is 4.75. The number of amides is 1. The number of hydrogen-bond donors (Lipinski definition) is 0. The number of Topliss-reactive ketones (excluding diaryl/α,β-unsaturated/α-hetero) is 1. The molecule has 1 aliphatic heterocycles. The van der Waals surface area contributed by atoms with Crippen molar-refractivity contribution in [2.45, 2.75) is 51.8 Å². The van der Waals surface area contributed by atoms with Crippen molar-refractivity contribution < 1.29 is 19.1 Å². The lowest BCUT2D eigenvalue weighted by atomic mass is 10.1. The zero-order valence-corrected chi connectivity index (χ0v) is 16.2. The number of halogens is 1. The van der Waals surface area contributed by atoms with Gasteiger partial charge in [0.1, 0.15) is 5.60 Å². The SMILES string of the molecule is CC1COCC(CC(=O)c2cc(Br)cs2)N1C(=O)OC(C)(C)C. The molecule has 1 amide bonds. The van der Waals surface area contributed by atoms with E-state index in [1.54, 1.807) is 11.0 Å². The van der Waals surface area contributed by atoms with Crippen LogP contribution in [0.5, 0.6) is 0 Å². The number of ether oxygens (including phenoxy) is 2. The number of thiophene rings is 1. The summed E-state index contributed by atoms with van der Waals surface area (Å²) in [5.41, 5.74) is -0.567. The Balaban J connectivity index is 2.10. The van der Waals surface area contributed by atoms with Crippen molar-refractivity contribution in [1.82, 2.24) is 4.90 Å². The highest BCUT2D eigenvalue weighted by Crippen LogP contribution is 2.25. The first-order valence-electron chi connectivity index (χ1n) is 7.53. The Labute approximate surface area is 149 Å². The molecular weight excluding hydrogens is 382 g/mol. The summed E-state index contributed by atoms with van der Waals surface area (Å²) < 4.78 is 11.9. The Morgan fingerprint density at radius 3 is 2.70 bits per heavy atom. The minimum atomic E-state index is -0.567. The van der Waals surface area contributed by atoms with Gasteiger partial charge >= 0.3 is 6.09 Å². The zero-order chi connectivity index (χ0) is 17.2. The fourth-order valence-corrected chi connectivity index (χ4v) is 3.85. The number of rotatable bonds is 3. The van der Waals surface area contributed by atoms with Crippen molar-refractivity contribution in [3.63, 3.8) is 0 Å². The standard InChI is InChI=1S/C16H22BrNO4S/c1-10-7-21-8-12(18(10)15(20)22-16(2,3)4)6-13(19)14-5-11(17)9-23-14/h5,9-10,12H,6-8H2,1-4H3. The Morgan fingerprint density at radius 1 is 1.43 bits per heavy atom. The zero-order valence-electron chi connectivity index (χ0n) is 13.8. The molecule has 7 heteroatoms. The predicted octanol–water partition coefficient (Wildman–Crippen LogP) is 4.11. The van der Waals surface area contributed by atoms with E-state index in [9.17, 15) is 9.59 Å². The van der Waals surface area contributed by atoms with E-state index in [4.69, 9.17) is 9.47 Å². The number of carbonyl (C=O) groups excluding carboxylic acids is 2. The second-order valence-corrected chi connectivity index (χ2v) is 8.51. The third-order valence-corrected chi connectivity index (χ3v) is 5.14. The lowest BCUT2D eigenvalue weighted by molar-refractivity contribution is -0.0558. The number of morpholine rings is 1. The van der Waals surface area contributed by atoms with E-state index in [0.29, 0.717) is 18.1 Å². The van der Waals surface area contributed by atoms with Gasteiger partial charge in [0.15, 0.2) is 5.78 Å². The topological polar surface area (TPSA) is 55.8 Å². The third kappa shape index (κ3) is 5.02. The van der Waals surface area contributed by atoms with Gasteiger partial charge in [-0.15, -0.1) is 11.3 Å². The molecule has 0 aliphatic carbocycles. The van der Waals surface area contributed by atoms with Crippen molar-refractivity contribution in [3.8, 4) is 0 Å². The van der Waals surface area contributed by atoms with Gasteiger partial charge in [0.25, 0.3) is 0 Å². The van der Waals surface area contributed by atoms with Gasteiger partial charge in [-0.2, -0.15) is 0 Å². The summed E-state index contributed by atoms with van der Waals surface area (Å²) in [4.78, 5) is 27.3. The van der Waals surface area contributed by atoms with E-state index < -0.39 is 11.7 Å². The molecule has 1 saturated heterocycles. The average molecular weight is 404 g/mol. The van der Waals surface area contributed by atoms with Gasteiger partial charge in [0, 0.05) is 16.3 Å². The van der Waals surface area contributed by atoms with Crippen LogP contribution in [0.15, 0.2) is 15.9 Å². The number of hydrogen-bond acceptors (Lipinski definition) is 5. The summed E-state index contributed by atoms with van der Waals surface area (Å²) in [6.07, 6.45) is -0.158. The van der Waals surface area contributed by atoms with Crippen molar-refractivity contribution in [2.75, 3.05) is 13.2 Å². The highest BCUT2D eigenvalue weighted by molar-refractivity contribution is 9.10. The molecule has 2 heterocycles. The highest BCUT2D eigenvalue weighted by atomic mass is 79.9. The Kier molecular flexibility index (Phi) is 5.86. The largest absolute Gasteiger partial charge is 0.444 e. The third-order valence-electron chi connectivity index (χ3n) is 3.41. The maximum absolute atomic E-state index is 12.5. The van der Waals surface area contributed by atoms with Gasteiger partial charge in [-0.05, 0) is 49.7 Å². The van der Waals surface area contributed by atoms with Gasteiger partial charge in [-0.3, -0.25) is 9.69 Å². The molecule has 1 fully saturated rings. The molecule has 0 spiro atoms. The number of ketones is 1. The number of carbonyl (C=O) groups is 2. The minimum Gasteiger partial charge on any atom is -0.444 e. The monoisotopic (exact) mass is 403 g/mol. The molecule has 0 N–H and O–H groups in total. The maximum atomic E-state index is 12.5. The minimum absolute atomic E-state index is 0.0111. The fourth-order valence-electron chi connectivity index (χ4n) is 2.47. The molecular formula is C16H22BrNO4S. The molecule has 1 aromatic heterocycles. The molecule has 5 nitrogen and oxygen atoms in total. The Bertz CT molecular complexity index is 581. The van der Waals surface area contributed by atoms with Crippen molar-refractivity contribution in [1.29, 1.82) is 0 Å². The van der Waals surface area contributed by atoms with E-state index in [2.05, 4.69) is 15.9 Å². The first kappa shape index (κ1) is 18.4. The van der Waals surface area contributed by atoms with Crippen LogP contribution in [0.2, 0.25) is 0 Å². The lowest BCUT2D eigenvalue weighted by Gasteiger charge is -2.40. The van der Waals surface area contributed by atoms with E-state index in [0.717, 1.165) is 4.47 Å². The van der Waals surface area contributed by atoms with Crippen molar-refractivity contribution in [2.24, 2.45) is 0 Å². The second kappa shape index (κ2) is 7.32. The van der Waals surface area contributed by atoms with Crippen LogP contribution >= 0.6 is 27.3 Å². The lowest BCUT2D eigenvalue weighted by Crippen LogP contribution is -2.55. The number of nitrogens with zero attached hydrogens (tertiary/aromatic N) is 1. The molecule has 2 unspecified atom stereocenters. The molecule has 0 bridgehead atoms. The first-order valence-corrected chi connectivity index (χ1v) is 9.21. The highest BCUT2D eigenvalue weighted by Gasteiger charge is 2.36. The molecule has 23 heavy (non-hydrogen) atoms. The Hall–Kier alpha value is -0.920. The molecule has 2 rings (SSSR count). The molecule has 1 aromatic rings. The van der Waals surface area contributed by atoms with E-state index in [-0.39, 0.29) is 24.3 Å². The van der Waals surface area contributed by atoms with E-state index in [1.165, 1.54) is 11.3 Å². The molecule has 128 valence electrons. The normalized spacial score (nSPS) is 22.0. The molecule has 0 radical (unpaired) electrons. The average Bonchev–Trinajstić information content (AvgIpc) is 2.83. The van der Waals surface area contributed by atoms with E-state index >= 15 is 0 Å². The summed E-state index contributed by atoms with van der Waals surface area (Å²) in [7, 11) is 0. The van der Waals surface area contributed by atoms with Crippen LogP contribution in [0.3, 0.4) is 0 Å². The van der Waals surface area contributed by atoms with Crippen molar-refractivity contribution in [3.05, 3.63) is 20.8 Å². The summed E-state index contributed by atoms with van der Waals surface area (Å²) in [5.74, 6) is 0.0111. The fraction of sp³-hybridized carbons (Fsp3) is 0.625. The molecule has 2 atom stereocenters. The predicted molar refractivity (Wildman–Crippen MR) is 93.1 cm³/mol. The van der Waals surface area contributed by atoms with Crippen LogP contribution in [0, 0.1) is 0 Å². The molecule has 0 saturated carbocycles. The van der Waals surface area contributed by atoms with Gasteiger partial charge in [0.2, 0.25) is 0 Å². The smallest absolute Gasteiger partial charge is 0.410 e. The van der Waals surface area contributed by atoms with Gasteiger partial charge in [-0.1, -0.05) is 0 Å². The summed E-state index contributed by atoms with van der Waals surface area (Å²) in [6, 6.07) is 1.38. The summed E-state index contributed by atoms with van der Waals surface area (Å²) in [6.45, 7) is 8.21. The van der Waals surface area contributed by atoms with Crippen LogP contribution < -0.4 is 0 Å². The van der Waals surface area contributed by atoms with E-state index in [1.807, 2.05) is 33.1 Å². The van der Waals surface area contributed by atoms with Crippen LogP contribution in [-0.2, 0) is 9.47 Å². The molecule has 1 aliphatic rings. The van der Waals surface area contributed by atoms with Crippen LogP contribution in [0.25, 0.3) is 0 Å². The summed E-state index contributed by atoms with van der Waals surface area (Å²) in [5, 5.41) is 1.87. The first-order chi connectivity index (χ1) is 10.7. The maximum Gasteiger partial charge on any atom is 0.410 e. The van der Waals surface area contributed by atoms with Gasteiger partial charge in [-0.25, -0.2) is 4.79 Å². The second-order valence-electron chi connectivity index (χ2n) is 6.68. The van der Waals surface area contributed by atoms with Crippen LogP contribution in [0.1, 0.15) is 43.8 Å². The van der Waals surface area contributed by atoms with Crippen LogP contribution in [0.4, 0.5) is 4.79 Å². The van der Waals surface area contributed by atoms with Gasteiger partial charge < -0.3 is 9.47 Å². The Morgan fingerprint density at radius 2 is 2.13 bits per heavy atom. The quantitative estimate of drug-likeness (QED) is 0.712.